The number of aromatic nitrogens is 1. The largest absolute Gasteiger partial charge is 0.507 e. The molecule has 3 aromatic rings. The lowest BCUT2D eigenvalue weighted by Gasteiger charge is -2.27. The van der Waals surface area contributed by atoms with Crippen molar-refractivity contribution in [2.75, 3.05) is 13.2 Å². The molecule has 1 N–H and O–H groups in total. The summed E-state index contributed by atoms with van der Waals surface area (Å²) in [6.45, 7) is 7.80. The average Bonchev–Trinajstić information content (AvgIpc) is 3.64. The summed E-state index contributed by atoms with van der Waals surface area (Å²) in [5, 5.41) is 10.7. The van der Waals surface area contributed by atoms with E-state index in [-0.39, 0.29) is 19.0 Å². The Morgan fingerprint density at radius 2 is 1.45 bits per heavy atom. The number of carbonyl (C=O) groups excluding carboxylic acids is 2. The number of phenols is 1. The summed E-state index contributed by atoms with van der Waals surface area (Å²) < 4.78 is 42.7. The van der Waals surface area contributed by atoms with Gasteiger partial charge in [-0.3, -0.25) is 0 Å². The number of ether oxygens (including phenoxy) is 2. The van der Waals surface area contributed by atoms with Crippen molar-refractivity contribution in [1.82, 2.24) is 4.48 Å². The van der Waals surface area contributed by atoms with Crippen molar-refractivity contribution in [3.05, 3.63) is 111 Å². The number of esters is 2. The van der Waals surface area contributed by atoms with Crippen molar-refractivity contribution >= 4 is 36.7 Å². The molecule has 0 saturated heterocycles. The third-order valence-corrected chi connectivity index (χ3v) is 9.85. The first kappa shape index (κ1) is 35.8. The fourth-order valence-electron chi connectivity index (χ4n) is 7.82. The maximum atomic E-state index is 15.7. The average molecular weight is 693 g/mol. The van der Waals surface area contributed by atoms with Gasteiger partial charge in [0, 0.05) is 34.7 Å². The standard InChI is InChI=1S/C41H43BF2N2O5/c1-5-50-36(48)21-19-33-29-14-7-9-16-31(29)40(45-33)39(38-25(3)23-27(24-26(38)4)28-13-11-12-18-35(28)47)41-32-17-10-8-15-30(32)34(46(41)42(43)44)20-22-37(49)51-6-2/h11-13,18-24,47H,5-10,14-17H2,1-4H3/q-1/b21-19+,22-20+,40-39-. The maximum Gasteiger partial charge on any atom is 0.341 e. The molecule has 0 saturated carbocycles. The first-order valence-electron chi connectivity index (χ1n) is 17.8. The number of carbonyl (C=O) groups is 2. The molecule has 7 nitrogen and oxygen atoms in total. The van der Waals surface area contributed by atoms with Gasteiger partial charge < -0.3 is 27.7 Å². The van der Waals surface area contributed by atoms with Crippen LogP contribution in [0.1, 0.15) is 91.6 Å². The summed E-state index contributed by atoms with van der Waals surface area (Å²) in [7, 11) is -2.92. The van der Waals surface area contributed by atoms with Crippen molar-refractivity contribution in [2.45, 2.75) is 79.1 Å². The van der Waals surface area contributed by atoms with Crippen LogP contribution in [0.4, 0.5) is 8.63 Å². The van der Waals surface area contributed by atoms with E-state index in [4.69, 9.17) is 14.5 Å². The van der Waals surface area contributed by atoms with Gasteiger partial charge in [0.2, 0.25) is 0 Å². The molecule has 265 valence electrons. The number of aliphatic imine (C=N–C) groups is 1. The minimum atomic E-state index is -2.92. The van der Waals surface area contributed by atoms with Gasteiger partial charge in [0.15, 0.2) is 0 Å². The van der Waals surface area contributed by atoms with E-state index in [1.165, 1.54) is 18.2 Å². The predicted molar refractivity (Wildman–Crippen MR) is 198 cm³/mol. The van der Waals surface area contributed by atoms with Crippen LogP contribution in [0, 0.1) is 13.8 Å². The highest BCUT2D eigenvalue weighted by atomic mass is 19.2. The Balaban J connectivity index is 1.70. The van der Waals surface area contributed by atoms with Gasteiger partial charge in [-0.05, 0) is 142 Å². The normalized spacial score (nSPS) is 16.9. The molecule has 1 aromatic heterocycles. The van der Waals surface area contributed by atoms with E-state index >= 15 is 8.63 Å². The molecule has 2 heterocycles. The van der Waals surface area contributed by atoms with Gasteiger partial charge in [-0.25, -0.2) is 14.6 Å². The lowest BCUT2D eigenvalue weighted by atomic mass is 9.82. The summed E-state index contributed by atoms with van der Waals surface area (Å²) in [6.07, 6.45) is 12.0. The molecular weight excluding hydrogens is 649 g/mol. The minimum Gasteiger partial charge on any atom is -0.507 e. The molecule has 0 unspecified atom stereocenters. The molecule has 10 heteroatoms. The monoisotopic (exact) mass is 692 g/mol. The second-order valence-corrected chi connectivity index (χ2v) is 13.1. The van der Waals surface area contributed by atoms with Crippen LogP contribution in [-0.2, 0) is 31.9 Å². The number of rotatable bonds is 10. The summed E-state index contributed by atoms with van der Waals surface area (Å²) in [5.74, 6) is -0.913. The number of fused-ring (bicyclic) bond motifs is 1. The highest BCUT2D eigenvalue weighted by Crippen LogP contribution is 2.47. The fraction of sp³-hybridized carbons (Fsp3) is 0.341. The Kier molecular flexibility index (Phi) is 10.9. The number of halogens is 2. The van der Waals surface area contributed by atoms with Gasteiger partial charge in [-0.15, -0.1) is 0 Å². The third-order valence-electron chi connectivity index (χ3n) is 9.85. The van der Waals surface area contributed by atoms with E-state index in [9.17, 15) is 14.7 Å². The second kappa shape index (κ2) is 15.5. The van der Waals surface area contributed by atoms with Crippen molar-refractivity contribution in [2.24, 2.45) is 4.99 Å². The molecule has 2 aromatic carbocycles. The lowest BCUT2D eigenvalue weighted by Crippen LogP contribution is -2.19. The molecule has 6 rings (SSSR count). The van der Waals surface area contributed by atoms with Crippen LogP contribution in [0.2, 0.25) is 0 Å². The summed E-state index contributed by atoms with van der Waals surface area (Å²) in [6, 6.07) is 11.1. The van der Waals surface area contributed by atoms with Crippen molar-refractivity contribution < 1.29 is 32.8 Å². The molecule has 51 heavy (non-hydrogen) atoms. The van der Waals surface area contributed by atoms with Gasteiger partial charge >= 0.3 is 19.3 Å². The van der Waals surface area contributed by atoms with Crippen LogP contribution >= 0.6 is 0 Å². The van der Waals surface area contributed by atoms with Gasteiger partial charge in [0.05, 0.1) is 24.6 Å². The van der Waals surface area contributed by atoms with E-state index in [0.29, 0.717) is 46.8 Å². The number of hydrogen-bond acceptors (Lipinski definition) is 6. The number of para-hydroxylation sites is 1. The Labute approximate surface area is 298 Å². The molecule has 3 aliphatic rings. The molecular formula is C41H43BF2N2O5-. The number of nitrogens with zero attached hydrogens (tertiary/aromatic N) is 2. The van der Waals surface area contributed by atoms with Gasteiger partial charge in [0.1, 0.15) is 5.75 Å². The highest BCUT2D eigenvalue weighted by Gasteiger charge is 2.34. The van der Waals surface area contributed by atoms with Gasteiger partial charge in [-0.1, -0.05) is 30.3 Å². The Bertz CT molecular complexity index is 2010. The molecule has 2 aliphatic carbocycles. The molecule has 1 aliphatic heterocycles. The number of allylic oxidation sites excluding steroid dienone is 3. The minimum absolute atomic E-state index is 0.150. The van der Waals surface area contributed by atoms with Crippen LogP contribution in [0.3, 0.4) is 0 Å². The summed E-state index contributed by atoms with van der Waals surface area (Å²) >= 11 is 0. The van der Waals surface area contributed by atoms with Crippen LogP contribution in [0.25, 0.3) is 22.8 Å². The van der Waals surface area contributed by atoms with Crippen molar-refractivity contribution in [3.63, 3.8) is 0 Å². The van der Waals surface area contributed by atoms with Gasteiger partial charge in [-0.2, -0.15) is 0 Å². The van der Waals surface area contributed by atoms with Crippen LogP contribution in [0.15, 0.2) is 76.5 Å². The number of phenolic OH excluding ortho intramolecular Hbond substituents is 1. The smallest absolute Gasteiger partial charge is 0.341 e. The van der Waals surface area contributed by atoms with E-state index < -0.39 is 19.3 Å². The van der Waals surface area contributed by atoms with Crippen LogP contribution < -0.4 is 0 Å². The van der Waals surface area contributed by atoms with Crippen LogP contribution in [-0.4, -0.2) is 47.9 Å². The number of aromatic hydroxyl groups is 1. The van der Waals surface area contributed by atoms with Crippen molar-refractivity contribution in [3.8, 4) is 16.9 Å². The molecule has 0 amide bonds. The van der Waals surface area contributed by atoms with Crippen molar-refractivity contribution in [1.29, 1.82) is 0 Å². The van der Waals surface area contributed by atoms with E-state index in [0.717, 1.165) is 87.5 Å². The maximum absolute atomic E-state index is 15.7. The molecule has 0 bridgehead atoms. The van der Waals surface area contributed by atoms with E-state index in [1.807, 2.05) is 38.1 Å². The zero-order chi connectivity index (χ0) is 36.2. The molecule has 0 spiro atoms. The number of hydrogen-bond donors (Lipinski definition) is 1. The third kappa shape index (κ3) is 7.14. The second-order valence-electron chi connectivity index (χ2n) is 13.1. The Morgan fingerprint density at radius 3 is 2.08 bits per heavy atom. The molecule has 0 atom stereocenters. The van der Waals surface area contributed by atoms with E-state index in [2.05, 4.69) is 0 Å². The first-order valence-corrected chi connectivity index (χ1v) is 17.8. The topological polar surface area (TPSA) is 90.1 Å². The number of aryl methyl sites for hydroxylation is 2. The molecule has 0 fully saturated rings. The predicted octanol–water partition coefficient (Wildman–Crippen LogP) is 8.91. The van der Waals surface area contributed by atoms with Gasteiger partial charge in [0.25, 0.3) is 0 Å². The zero-order valence-electron chi connectivity index (χ0n) is 29.7. The summed E-state index contributed by atoms with van der Waals surface area (Å²) in [5.41, 5.74) is 10.2. The Morgan fingerprint density at radius 1 is 0.863 bits per heavy atom. The summed E-state index contributed by atoms with van der Waals surface area (Å²) in [4.78, 5) is 30.0. The SMILES string of the molecule is CCOC(=O)/C=C/C1=NC(=C(/c2c(C)cc(-c3ccccc3O)cc2C)c2c3c(c(/C=C/C(=O)OCC)n2[B-](F)F)CCCC3)/C2=C1CCCC2. The lowest BCUT2D eigenvalue weighted by molar-refractivity contribution is -0.138. The Hall–Kier alpha value is -4.99. The quantitative estimate of drug-likeness (QED) is 0.130. The number of benzene rings is 2. The zero-order valence-corrected chi connectivity index (χ0v) is 29.7. The van der Waals surface area contributed by atoms with E-state index in [1.54, 1.807) is 32.1 Å². The fourth-order valence-corrected chi connectivity index (χ4v) is 7.82. The first-order chi connectivity index (χ1) is 24.6. The van der Waals surface area contributed by atoms with Crippen LogP contribution in [0.5, 0.6) is 5.75 Å². The highest BCUT2D eigenvalue weighted by molar-refractivity contribution is 6.42. The molecule has 1 radical (unpaired) electrons.